The van der Waals surface area contributed by atoms with Crippen LogP contribution in [-0.4, -0.2) is 65.3 Å². The molecule has 1 aromatic carbocycles. The van der Waals surface area contributed by atoms with Crippen molar-refractivity contribution in [2.75, 3.05) is 54.9 Å². The third-order valence-electron chi connectivity index (χ3n) is 5.43. The van der Waals surface area contributed by atoms with Crippen molar-refractivity contribution < 1.29 is 14.3 Å². The van der Waals surface area contributed by atoms with Crippen LogP contribution in [0.25, 0.3) is 0 Å². The first-order chi connectivity index (χ1) is 16.1. The van der Waals surface area contributed by atoms with Gasteiger partial charge in [0.25, 0.3) is 0 Å². The first-order valence-electron chi connectivity index (χ1n) is 10.9. The highest BCUT2D eigenvalue weighted by Crippen LogP contribution is 2.32. The average molecular weight is 447 g/mol. The fraction of sp³-hybridized carbons (Fsp3) is 0.304. The van der Waals surface area contributed by atoms with E-state index >= 15 is 0 Å². The predicted molar refractivity (Wildman–Crippen MR) is 125 cm³/mol. The third kappa shape index (κ3) is 4.89. The van der Waals surface area contributed by atoms with E-state index in [1.807, 2.05) is 43.3 Å². The molecule has 0 atom stereocenters. The maximum Gasteiger partial charge on any atom is 0.321 e. The predicted octanol–water partition coefficient (Wildman–Crippen LogP) is 3.05. The van der Waals surface area contributed by atoms with Crippen LogP contribution in [0.3, 0.4) is 0 Å². The van der Waals surface area contributed by atoms with Crippen LogP contribution in [0.15, 0.2) is 48.7 Å². The van der Waals surface area contributed by atoms with Crippen molar-refractivity contribution in [3.63, 3.8) is 0 Å². The molecule has 2 N–H and O–H groups in total. The van der Waals surface area contributed by atoms with Gasteiger partial charge in [0, 0.05) is 50.2 Å². The molecule has 5 rings (SSSR count). The first-order valence-corrected chi connectivity index (χ1v) is 10.9. The second kappa shape index (κ2) is 9.19. The molecule has 33 heavy (non-hydrogen) atoms. The summed E-state index contributed by atoms with van der Waals surface area (Å²) < 4.78 is 11.1. The van der Waals surface area contributed by atoms with Gasteiger partial charge in [-0.15, -0.1) is 0 Å². The standard InChI is InChI=1S/C23H25N7O3/c1-16-25-21(28-20-4-2-3-7-24-20)15-22(26-16)29-8-10-30(11-9-29)23(31)27-17-5-6-18-19(14-17)33-13-12-32-18/h2-7,14-15H,8-13H2,1H3,(H,27,31)(H,24,25,26,28). The maximum absolute atomic E-state index is 12.8. The molecule has 0 bridgehead atoms. The monoisotopic (exact) mass is 447 g/mol. The van der Waals surface area contributed by atoms with E-state index in [-0.39, 0.29) is 6.03 Å². The number of ether oxygens (including phenoxy) is 2. The highest BCUT2D eigenvalue weighted by atomic mass is 16.6. The number of hydrogen-bond donors (Lipinski definition) is 2. The Morgan fingerprint density at radius 1 is 0.939 bits per heavy atom. The number of aryl methyl sites for hydroxylation is 1. The van der Waals surface area contributed by atoms with E-state index < -0.39 is 0 Å². The lowest BCUT2D eigenvalue weighted by molar-refractivity contribution is 0.171. The smallest absolute Gasteiger partial charge is 0.321 e. The summed E-state index contributed by atoms with van der Waals surface area (Å²) in [5, 5.41) is 6.17. The number of fused-ring (bicyclic) bond motifs is 1. The van der Waals surface area contributed by atoms with Crippen molar-refractivity contribution >= 4 is 29.2 Å². The molecule has 2 amide bonds. The van der Waals surface area contributed by atoms with Gasteiger partial charge in [-0.2, -0.15) is 0 Å². The summed E-state index contributed by atoms with van der Waals surface area (Å²) in [5.41, 5.74) is 0.684. The van der Waals surface area contributed by atoms with E-state index in [1.165, 1.54) is 0 Å². The molecule has 170 valence electrons. The lowest BCUT2D eigenvalue weighted by Crippen LogP contribution is -2.50. The molecule has 1 fully saturated rings. The number of nitrogens with zero attached hydrogens (tertiary/aromatic N) is 5. The van der Waals surface area contributed by atoms with Crippen LogP contribution in [0, 0.1) is 6.92 Å². The lowest BCUT2D eigenvalue weighted by atomic mass is 10.2. The van der Waals surface area contributed by atoms with Crippen LogP contribution >= 0.6 is 0 Å². The molecule has 1 saturated heterocycles. The quantitative estimate of drug-likeness (QED) is 0.629. The first kappa shape index (κ1) is 20.8. The maximum atomic E-state index is 12.8. The second-order valence-corrected chi connectivity index (χ2v) is 7.76. The summed E-state index contributed by atoms with van der Waals surface area (Å²) in [6, 6.07) is 12.9. The number of rotatable bonds is 4. The van der Waals surface area contributed by atoms with Gasteiger partial charge in [0.15, 0.2) is 11.5 Å². The molecule has 2 aromatic heterocycles. The van der Waals surface area contributed by atoms with Gasteiger partial charge in [-0.05, 0) is 31.2 Å². The van der Waals surface area contributed by atoms with Crippen molar-refractivity contribution in [3.05, 3.63) is 54.5 Å². The SMILES string of the molecule is Cc1nc(Nc2ccccn2)cc(N2CCN(C(=O)Nc3ccc4c(c3)OCCO4)CC2)n1. The Morgan fingerprint density at radius 3 is 2.55 bits per heavy atom. The van der Waals surface area contributed by atoms with E-state index in [0.717, 1.165) is 11.6 Å². The number of amides is 2. The third-order valence-corrected chi connectivity index (χ3v) is 5.43. The molecule has 2 aliphatic rings. The highest BCUT2D eigenvalue weighted by molar-refractivity contribution is 5.90. The Labute approximate surface area is 191 Å². The number of hydrogen-bond acceptors (Lipinski definition) is 8. The minimum absolute atomic E-state index is 0.136. The number of carbonyl (C=O) groups is 1. The second-order valence-electron chi connectivity index (χ2n) is 7.76. The van der Waals surface area contributed by atoms with Crippen molar-refractivity contribution in [1.82, 2.24) is 19.9 Å². The normalized spacial score (nSPS) is 15.2. The fourth-order valence-corrected chi connectivity index (χ4v) is 3.81. The van der Waals surface area contributed by atoms with Crippen LogP contribution < -0.4 is 25.0 Å². The number of benzene rings is 1. The van der Waals surface area contributed by atoms with E-state index in [4.69, 9.17) is 9.47 Å². The highest BCUT2D eigenvalue weighted by Gasteiger charge is 2.23. The van der Waals surface area contributed by atoms with Gasteiger partial charge >= 0.3 is 6.03 Å². The summed E-state index contributed by atoms with van der Waals surface area (Å²) >= 11 is 0. The Bertz CT molecular complexity index is 1130. The van der Waals surface area contributed by atoms with Gasteiger partial charge in [-0.1, -0.05) is 6.07 Å². The van der Waals surface area contributed by atoms with Crippen LogP contribution in [0.4, 0.5) is 27.9 Å². The Balaban J connectivity index is 1.20. The zero-order valence-electron chi connectivity index (χ0n) is 18.3. The summed E-state index contributed by atoms with van der Waals surface area (Å²) in [6.07, 6.45) is 1.73. The van der Waals surface area contributed by atoms with Gasteiger partial charge in [0.2, 0.25) is 0 Å². The van der Waals surface area contributed by atoms with Crippen LogP contribution in [0.5, 0.6) is 11.5 Å². The van der Waals surface area contributed by atoms with Gasteiger partial charge in [-0.25, -0.2) is 19.7 Å². The molecule has 0 spiro atoms. The Kier molecular flexibility index (Phi) is 5.79. The molecule has 0 saturated carbocycles. The zero-order valence-corrected chi connectivity index (χ0v) is 18.3. The molecule has 4 heterocycles. The number of nitrogens with one attached hydrogen (secondary N) is 2. The summed E-state index contributed by atoms with van der Waals surface area (Å²) in [5.74, 6) is 4.26. The Morgan fingerprint density at radius 2 is 1.76 bits per heavy atom. The van der Waals surface area contributed by atoms with E-state index in [9.17, 15) is 4.79 Å². The lowest BCUT2D eigenvalue weighted by Gasteiger charge is -2.35. The van der Waals surface area contributed by atoms with Gasteiger partial charge in [-0.3, -0.25) is 0 Å². The molecule has 3 aromatic rings. The van der Waals surface area contributed by atoms with Crippen molar-refractivity contribution in [3.8, 4) is 11.5 Å². The van der Waals surface area contributed by atoms with E-state index in [0.29, 0.717) is 68.2 Å². The van der Waals surface area contributed by atoms with Crippen molar-refractivity contribution in [2.45, 2.75) is 6.92 Å². The molecular formula is C23H25N7O3. The number of carbonyl (C=O) groups excluding carboxylic acids is 1. The van der Waals surface area contributed by atoms with Crippen LogP contribution in [0.2, 0.25) is 0 Å². The van der Waals surface area contributed by atoms with E-state index in [1.54, 1.807) is 17.2 Å². The van der Waals surface area contributed by atoms with Gasteiger partial charge in [0.05, 0.1) is 0 Å². The molecular weight excluding hydrogens is 422 g/mol. The van der Waals surface area contributed by atoms with Crippen molar-refractivity contribution in [2.24, 2.45) is 0 Å². The number of anilines is 4. The summed E-state index contributed by atoms with van der Waals surface area (Å²) in [6.45, 7) is 5.43. The Hall–Kier alpha value is -4.08. The largest absolute Gasteiger partial charge is 0.486 e. The number of aromatic nitrogens is 3. The van der Waals surface area contributed by atoms with Crippen molar-refractivity contribution in [1.29, 1.82) is 0 Å². The fourth-order valence-electron chi connectivity index (χ4n) is 3.81. The summed E-state index contributed by atoms with van der Waals surface area (Å²) in [7, 11) is 0. The molecule has 10 nitrogen and oxygen atoms in total. The molecule has 10 heteroatoms. The summed E-state index contributed by atoms with van der Waals surface area (Å²) in [4.78, 5) is 30.1. The number of urea groups is 1. The van der Waals surface area contributed by atoms with Crippen LogP contribution in [-0.2, 0) is 0 Å². The average Bonchev–Trinajstić information content (AvgIpc) is 2.84. The molecule has 0 unspecified atom stereocenters. The number of piperazine rings is 1. The van der Waals surface area contributed by atoms with Gasteiger partial charge in [0.1, 0.15) is 36.5 Å². The minimum atomic E-state index is -0.136. The molecule has 2 aliphatic heterocycles. The molecule has 0 aliphatic carbocycles. The topological polar surface area (TPSA) is 105 Å². The number of pyridine rings is 1. The zero-order chi connectivity index (χ0) is 22.6. The van der Waals surface area contributed by atoms with Crippen LogP contribution in [0.1, 0.15) is 5.82 Å². The van der Waals surface area contributed by atoms with E-state index in [2.05, 4.69) is 30.5 Å². The minimum Gasteiger partial charge on any atom is -0.486 e. The molecule has 0 radical (unpaired) electrons. The van der Waals surface area contributed by atoms with Gasteiger partial charge < -0.3 is 29.9 Å².